The molecule has 3 aromatic rings. The predicted octanol–water partition coefficient (Wildman–Crippen LogP) is 4.75. The third-order valence-electron chi connectivity index (χ3n) is 4.17. The number of rotatable bonds is 7. The van der Waals surface area contributed by atoms with E-state index >= 15 is 0 Å². The number of oxazole rings is 1. The van der Waals surface area contributed by atoms with E-state index in [-0.39, 0.29) is 24.8 Å². The second-order valence-corrected chi connectivity index (χ2v) is 7.71. The quantitative estimate of drug-likeness (QED) is 0.515. The van der Waals surface area contributed by atoms with Crippen LogP contribution in [0.4, 0.5) is 5.69 Å². The molecule has 150 valence electrons. The van der Waals surface area contributed by atoms with Crippen molar-refractivity contribution >= 4 is 45.0 Å². The molecule has 0 unspecified atom stereocenters. The van der Waals surface area contributed by atoms with Gasteiger partial charge in [0, 0.05) is 28.6 Å². The number of anilines is 1. The van der Waals surface area contributed by atoms with Gasteiger partial charge in [-0.3, -0.25) is 9.59 Å². The van der Waals surface area contributed by atoms with Crippen LogP contribution in [0, 0.1) is 6.92 Å². The number of nitrogens with one attached hydrogen (secondary N) is 2. The van der Waals surface area contributed by atoms with Crippen molar-refractivity contribution in [2.45, 2.75) is 19.8 Å². The molecule has 0 saturated carbocycles. The van der Waals surface area contributed by atoms with Crippen molar-refractivity contribution in [3.63, 3.8) is 0 Å². The van der Waals surface area contributed by atoms with E-state index in [9.17, 15) is 9.59 Å². The number of halogens is 2. The van der Waals surface area contributed by atoms with Crippen LogP contribution in [0.5, 0.6) is 0 Å². The zero-order valence-corrected chi connectivity index (χ0v) is 18.0. The number of aromatic nitrogens is 1. The van der Waals surface area contributed by atoms with E-state index < -0.39 is 0 Å². The molecule has 0 aliphatic carbocycles. The average molecular weight is 477 g/mol. The summed E-state index contributed by atoms with van der Waals surface area (Å²) in [6, 6.07) is 12.9. The molecule has 0 fully saturated rings. The van der Waals surface area contributed by atoms with E-state index in [1.807, 2.05) is 37.3 Å². The second-order valence-electron chi connectivity index (χ2n) is 6.38. The minimum atomic E-state index is -0.291. The van der Waals surface area contributed by atoms with Crippen LogP contribution in [0.2, 0.25) is 5.02 Å². The molecule has 2 aromatic carbocycles. The molecule has 0 spiro atoms. The maximum atomic E-state index is 12.0. The Bertz CT molecular complexity index is 1040. The van der Waals surface area contributed by atoms with Gasteiger partial charge in [-0.2, -0.15) is 0 Å². The lowest BCUT2D eigenvalue weighted by atomic mass is 10.2. The Morgan fingerprint density at radius 2 is 1.97 bits per heavy atom. The van der Waals surface area contributed by atoms with Crippen LogP contribution in [0.15, 0.2) is 57.6 Å². The fraction of sp³-hybridized carbons (Fsp3) is 0.190. The molecule has 29 heavy (non-hydrogen) atoms. The molecule has 1 heterocycles. The van der Waals surface area contributed by atoms with E-state index in [1.54, 1.807) is 18.3 Å². The lowest BCUT2D eigenvalue weighted by Crippen LogP contribution is -2.33. The first-order valence-electron chi connectivity index (χ1n) is 8.94. The second kappa shape index (κ2) is 9.71. The number of hydrogen-bond acceptors (Lipinski definition) is 4. The summed E-state index contributed by atoms with van der Waals surface area (Å²) >= 11 is 9.53. The molecule has 0 bridgehead atoms. The summed E-state index contributed by atoms with van der Waals surface area (Å²) in [6.45, 7) is 1.79. The number of aryl methyl sites for hydroxylation is 2. The summed E-state index contributed by atoms with van der Waals surface area (Å²) in [7, 11) is 0. The number of hydrogen-bond donors (Lipinski definition) is 2. The van der Waals surface area contributed by atoms with Gasteiger partial charge in [-0.1, -0.05) is 39.7 Å². The first kappa shape index (κ1) is 21.1. The molecule has 6 nitrogen and oxygen atoms in total. The molecule has 0 radical (unpaired) electrons. The van der Waals surface area contributed by atoms with Gasteiger partial charge >= 0.3 is 0 Å². The first-order chi connectivity index (χ1) is 13.9. The molecule has 0 atom stereocenters. The van der Waals surface area contributed by atoms with Crippen molar-refractivity contribution in [3.05, 3.63) is 69.6 Å². The molecule has 2 N–H and O–H groups in total. The zero-order valence-electron chi connectivity index (χ0n) is 15.7. The standard InChI is InChI=1S/C21H19BrClN3O3/c1-13-10-14(22)6-7-17(13)26-20(28)12-24-19(27)8-9-21-25-11-18(29-21)15-4-2-3-5-16(15)23/h2-7,10-11H,8-9,12H2,1H3,(H,24,27)(H,26,28). The molecule has 1 aromatic heterocycles. The maximum absolute atomic E-state index is 12.0. The Hall–Kier alpha value is -2.64. The fourth-order valence-corrected chi connectivity index (χ4v) is 3.37. The third-order valence-corrected chi connectivity index (χ3v) is 4.99. The summed E-state index contributed by atoms with van der Waals surface area (Å²) in [6.07, 6.45) is 2.07. The minimum absolute atomic E-state index is 0.106. The average Bonchev–Trinajstić information content (AvgIpc) is 3.16. The van der Waals surface area contributed by atoms with Gasteiger partial charge in [-0.05, 0) is 42.8 Å². The smallest absolute Gasteiger partial charge is 0.243 e. The maximum Gasteiger partial charge on any atom is 0.243 e. The topological polar surface area (TPSA) is 84.2 Å². The van der Waals surface area contributed by atoms with E-state index in [0.29, 0.717) is 28.8 Å². The fourth-order valence-electron chi connectivity index (χ4n) is 2.66. The molecular weight excluding hydrogens is 458 g/mol. The Balaban J connectivity index is 1.45. The number of benzene rings is 2. The largest absolute Gasteiger partial charge is 0.441 e. The summed E-state index contributed by atoms with van der Waals surface area (Å²) in [4.78, 5) is 28.3. The molecule has 0 aliphatic heterocycles. The van der Waals surface area contributed by atoms with Crippen LogP contribution in [-0.4, -0.2) is 23.3 Å². The van der Waals surface area contributed by atoms with Crippen LogP contribution < -0.4 is 10.6 Å². The van der Waals surface area contributed by atoms with E-state index in [4.69, 9.17) is 16.0 Å². The molecule has 8 heteroatoms. The van der Waals surface area contributed by atoms with Gasteiger partial charge in [0.2, 0.25) is 11.8 Å². The molecular formula is C21H19BrClN3O3. The Morgan fingerprint density at radius 1 is 1.17 bits per heavy atom. The number of carbonyl (C=O) groups is 2. The Morgan fingerprint density at radius 3 is 2.72 bits per heavy atom. The highest BCUT2D eigenvalue weighted by atomic mass is 79.9. The summed E-state index contributed by atoms with van der Waals surface area (Å²) in [5.41, 5.74) is 2.38. The van der Waals surface area contributed by atoms with Crippen LogP contribution in [0.1, 0.15) is 17.9 Å². The van der Waals surface area contributed by atoms with Gasteiger partial charge in [0.25, 0.3) is 0 Å². The lowest BCUT2D eigenvalue weighted by molar-refractivity contribution is -0.124. The molecule has 0 aliphatic rings. The van der Waals surface area contributed by atoms with Crippen molar-refractivity contribution < 1.29 is 14.0 Å². The number of amides is 2. The zero-order chi connectivity index (χ0) is 20.8. The van der Waals surface area contributed by atoms with Crippen molar-refractivity contribution in [2.75, 3.05) is 11.9 Å². The highest BCUT2D eigenvalue weighted by Crippen LogP contribution is 2.28. The van der Waals surface area contributed by atoms with Gasteiger partial charge in [0.05, 0.1) is 17.8 Å². The lowest BCUT2D eigenvalue weighted by Gasteiger charge is -2.09. The highest BCUT2D eigenvalue weighted by molar-refractivity contribution is 9.10. The van der Waals surface area contributed by atoms with Crippen LogP contribution >= 0.6 is 27.5 Å². The van der Waals surface area contributed by atoms with Gasteiger partial charge in [0.1, 0.15) is 0 Å². The summed E-state index contributed by atoms with van der Waals surface area (Å²) < 4.78 is 6.61. The summed E-state index contributed by atoms with van der Waals surface area (Å²) in [5.74, 6) is 0.436. The first-order valence-corrected chi connectivity index (χ1v) is 10.1. The van der Waals surface area contributed by atoms with Gasteiger partial charge in [0.15, 0.2) is 11.7 Å². The third kappa shape index (κ3) is 5.92. The van der Waals surface area contributed by atoms with E-state index in [1.165, 1.54) is 0 Å². The van der Waals surface area contributed by atoms with Gasteiger partial charge < -0.3 is 15.1 Å². The SMILES string of the molecule is Cc1cc(Br)ccc1NC(=O)CNC(=O)CCc1ncc(-c2ccccc2Cl)o1. The van der Waals surface area contributed by atoms with Crippen LogP contribution in [-0.2, 0) is 16.0 Å². The van der Waals surface area contributed by atoms with Gasteiger partial charge in [-0.15, -0.1) is 0 Å². The van der Waals surface area contributed by atoms with Crippen molar-refractivity contribution in [1.29, 1.82) is 0 Å². The summed E-state index contributed by atoms with van der Waals surface area (Å²) in [5, 5.41) is 5.95. The van der Waals surface area contributed by atoms with Crippen molar-refractivity contribution in [3.8, 4) is 11.3 Å². The van der Waals surface area contributed by atoms with E-state index in [0.717, 1.165) is 15.6 Å². The van der Waals surface area contributed by atoms with Gasteiger partial charge in [-0.25, -0.2) is 4.98 Å². The monoisotopic (exact) mass is 475 g/mol. The Labute approximate surface area is 181 Å². The van der Waals surface area contributed by atoms with Crippen LogP contribution in [0.25, 0.3) is 11.3 Å². The normalized spacial score (nSPS) is 10.6. The molecule has 2 amide bonds. The van der Waals surface area contributed by atoms with Crippen molar-refractivity contribution in [2.24, 2.45) is 0 Å². The predicted molar refractivity (Wildman–Crippen MR) is 116 cm³/mol. The Kier molecular flexibility index (Phi) is 7.06. The molecule has 3 rings (SSSR count). The molecule has 0 saturated heterocycles. The van der Waals surface area contributed by atoms with Crippen molar-refractivity contribution in [1.82, 2.24) is 10.3 Å². The van der Waals surface area contributed by atoms with E-state index in [2.05, 4.69) is 31.5 Å². The number of carbonyl (C=O) groups excluding carboxylic acids is 2. The highest BCUT2D eigenvalue weighted by Gasteiger charge is 2.12. The number of nitrogens with zero attached hydrogens (tertiary/aromatic N) is 1. The van der Waals surface area contributed by atoms with Crippen LogP contribution in [0.3, 0.4) is 0 Å². The minimum Gasteiger partial charge on any atom is -0.441 e.